The van der Waals surface area contributed by atoms with E-state index in [0.717, 1.165) is 26.0 Å². The summed E-state index contributed by atoms with van der Waals surface area (Å²) in [7, 11) is 0. The Labute approximate surface area is 116 Å². The molecule has 0 bridgehead atoms. The Morgan fingerprint density at radius 1 is 1.33 bits per heavy atom. The molecule has 1 N–H and O–H groups in total. The number of carbonyl (C=O) groups is 1. The lowest BCUT2D eigenvalue weighted by Gasteiger charge is -2.40. The maximum Gasteiger partial charge on any atom is 0.224 e. The normalized spacial score (nSPS) is 32.8. The fourth-order valence-electron chi connectivity index (χ4n) is 2.98. The van der Waals surface area contributed by atoms with Crippen LogP contribution in [0.1, 0.15) is 39.5 Å². The van der Waals surface area contributed by atoms with Gasteiger partial charge in [-0.1, -0.05) is 0 Å². The predicted molar refractivity (Wildman–Crippen MR) is 74.1 cm³/mol. The molecule has 0 spiro atoms. The van der Waals surface area contributed by atoms with Crippen molar-refractivity contribution in [3.8, 4) is 0 Å². The van der Waals surface area contributed by atoms with Gasteiger partial charge in [0.2, 0.25) is 5.91 Å². The van der Waals surface area contributed by atoms with Crippen molar-refractivity contribution in [1.29, 1.82) is 0 Å². The van der Waals surface area contributed by atoms with Crippen molar-refractivity contribution < 1.29 is 9.53 Å². The van der Waals surface area contributed by atoms with E-state index in [2.05, 4.69) is 24.1 Å². The first-order valence-electron chi connectivity index (χ1n) is 6.80. The molecular weight excluding hydrogens is 252 g/mol. The number of hydrogen-bond acceptors (Lipinski definition) is 3. The number of hydrogen-bond donors (Lipinski definition) is 1. The van der Waals surface area contributed by atoms with Crippen molar-refractivity contribution in [1.82, 2.24) is 10.2 Å². The number of ether oxygens (including phenoxy) is 1. The van der Waals surface area contributed by atoms with E-state index in [4.69, 9.17) is 4.74 Å². The number of likely N-dealkylation sites (tertiary alicyclic amines) is 1. The first kappa shape index (κ1) is 15.7. The fourth-order valence-corrected chi connectivity index (χ4v) is 2.98. The molecule has 0 aromatic rings. The van der Waals surface area contributed by atoms with Crippen LogP contribution in [0, 0.1) is 0 Å². The third-order valence-electron chi connectivity index (χ3n) is 3.90. The molecule has 2 saturated heterocycles. The molecule has 2 rings (SSSR count). The number of rotatable bonds is 2. The second-order valence-corrected chi connectivity index (χ2v) is 5.36. The molecule has 2 heterocycles. The SMILES string of the molecule is CC1CCCC(C)N1C(=O)CC1COCCN1.Cl. The summed E-state index contributed by atoms with van der Waals surface area (Å²) in [5.74, 6) is 0.285. The molecule has 2 aliphatic rings. The highest BCUT2D eigenvalue weighted by molar-refractivity contribution is 5.85. The average Bonchev–Trinajstić information content (AvgIpc) is 2.30. The van der Waals surface area contributed by atoms with E-state index in [9.17, 15) is 4.79 Å². The van der Waals surface area contributed by atoms with Crippen LogP contribution < -0.4 is 5.32 Å². The maximum atomic E-state index is 12.3. The lowest BCUT2D eigenvalue weighted by molar-refractivity contribution is -0.138. The van der Waals surface area contributed by atoms with Crippen LogP contribution in [0.3, 0.4) is 0 Å². The number of halogens is 1. The Hall–Kier alpha value is -0.320. The largest absolute Gasteiger partial charge is 0.378 e. The molecule has 3 atom stereocenters. The van der Waals surface area contributed by atoms with Gasteiger partial charge in [0, 0.05) is 31.1 Å². The predicted octanol–water partition coefficient (Wildman–Crippen LogP) is 1.58. The fraction of sp³-hybridized carbons (Fsp3) is 0.923. The third kappa shape index (κ3) is 3.84. The van der Waals surface area contributed by atoms with Gasteiger partial charge in [-0.3, -0.25) is 4.79 Å². The summed E-state index contributed by atoms with van der Waals surface area (Å²) in [4.78, 5) is 14.4. The highest BCUT2D eigenvalue weighted by Gasteiger charge is 2.30. The van der Waals surface area contributed by atoms with Crippen molar-refractivity contribution >= 4 is 18.3 Å². The molecule has 18 heavy (non-hydrogen) atoms. The van der Waals surface area contributed by atoms with Crippen molar-refractivity contribution in [2.24, 2.45) is 0 Å². The second-order valence-electron chi connectivity index (χ2n) is 5.36. The Balaban J connectivity index is 0.00000162. The highest BCUT2D eigenvalue weighted by atomic mass is 35.5. The molecular formula is C13H25ClN2O2. The van der Waals surface area contributed by atoms with Crippen molar-refractivity contribution in [2.75, 3.05) is 19.8 Å². The number of nitrogens with zero attached hydrogens (tertiary/aromatic N) is 1. The van der Waals surface area contributed by atoms with Gasteiger partial charge in [0.1, 0.15) is 0 Å². The molecule has 0 radical (unpaired) electrons. The lowest BCUT2D eigenvalue weighted by Crippen LogP contribution is -2.51. The maximum absolute atomic E-state index is 12.3. The van der Waals surface area contributed by atoms with Gasteiger partial charge in [-0.2, -0.15) is 0 Å². The topological polar surface area (TPSA) is 41.6 Å². The minimum atomic E-state index is 0. The van der Waals surface area contributed by atoms with Gasteiger partial charge in [0.15, 0.2) is 0 Å². The summed E-state index contributed by atoms with van der Waals surface area (Å²) in [5, 5.41) is 3.35. The van der Waals surface area contributed by atoms with Gasteiger partial charge in [-0.25, -0.2) is 0 Å². The molecule has 2 aliphatic heterocycles. The summed E-state index contributed by atoms with van der Waals surface area (Å²) < 4.78 is 5.39. The van der Waals surface area contributed by atoms with Gasteiger partial charge in [0.25, 0.3) is 0 Å². The first-order valence-corrected chi connectivity index (χ1v) is 6.80. The van der Waals surface area contributed by atoms with Crippen LogP contribution in [0.25, 0.3) is 0 Å². The van der Waals surface area contributed by atoms with Crippen LogP contribution in [-0.2, 0) is 9.53 Å². The van der Waals surface area contributed by atoms with Crippen LogP contribution in [0.2, 0.25) is 0 Å². The van der Waals surface area contributed by atoms with Gasteiger partial charge in [-0.15, -0.1) is 12.4 Å². The third-order valence-corrected chi connectivity index (χ3v) is 3.90. The zero-order valence-electron chi connectivity index (χ0n) is 11.4. The molecule has 2 fully saturated rings. The van der Waals surface area contributed by atoms with E-state index in [1.54, 1.807) is 0 Å². The van der Waals surface area contributed by atoms with Crippen LogP contribution in [0.15, 0.2) is 0 Å². The van der Waals surface area contributed by atoms with E-state index < -0.39 is 0 Å². The first-order chi connectivity index (χ1) is 8.18. The second kappa shape index (κ2) is 7.31. The Morgan fingerprint density at radius 3 is 2.56 bits per heavy atom. The molecule has 3 unspecified atom stereocenters. The Bertz CT molecular complexity index is 260. The average molecular weight is 277 g/mol. The summed E-state index contributed by atoms with van der Waals surface area (Å²) in [6.07, 6.45) is 4.11. The number of piperidine rings is 1. The van der Waals surface area contributed by atoms with Crippen LogP contribution in [0.4, 0.5) is 0 Å². The minimum absolute atomic E-state index is 0. The van der Waals surface area contributed by atoms with E-state index in [1.807, 2.05) is 0 Å². The molecule has 0 aliphatic carbocycles. The molecule has 0 aromatic carbocycles. The van der Waals surface area contributed by atoms with Crippen molar-refractivity contribution in [3.05, 3.63) is 0 Å². The number of amides is 1. The van der Waals surface area contributed by atoms with Gasteiger partial charge >= 0.3 is 0 Å². The van der Waals surface area contributed by atoms with Crippen LogP contribution in [0.5, 0.6) is 0 Å². The summed E-state index contributed by atoms with van der Waals surface area (Å²) in [5.41, 5.74) is 0. The molecule has 4 nitrogen and oxygen atoms in total. The summed E-state index contributed by atoms with van der Waals surface area (Å²) >= 11 is 0. The van der Waals surface area contributed by atoms with E-state index in [1.165, 1.54) is 6.42 Å². The van der Waals surface area contributed by atoms with Gasteiger partial charge < -0.3 is 15.0 Å². The van der Waals surface area contributed by atoms with Gasteiger partial charge in [0.05, 0.1) is 13.2 Å². The molecule has 5 heteroatoms. The summed E-state index contributed by atoms with van der Waals surface area (Å²) in [6, 6.07) is 1.00. The van der Waals surface area contributed by atoms with Crippen LogP contribution in [-0.4, -0.2) is 48.7 Å². The zero-order chi connectivity index (χ0) is 12.3. The molecule has 0 saturated carbocycles. The van der Waals surface area contributed by atoms with Crippen molar-refractivity contribution in [2.45, 2.75) is 57.7 Å². The van der Waals surface area contributed by atoms with Crippen LogP contribution >= 0.6 is 12.4 Å². The van der Waals surface area contributed by atoms with E-state index in [0.29, 0.717) is 25.1 Å². The standard InChI is InChI=1S/C13H24N2O2.ClH/c1-10-4-3-5-11(2)15(10)13(16)8-12-9-17-7-6-14-12;/h10-12,14H,3-9H2,1-2H3;1H. The number of nitrogens with one attached hydrogen (secondary N) is 1. The zero-order valence-corrected chi connectivity index (χ0v) is 12.2. The molecule has 1 amide bonds. The number of morpholine rings is 1. The van der Waals surface area contributed by atoms with Gasteiger partial charge in [-0.05, 0) is 33.1 Å². The highest BCUT2D eigenvalue weighted by Crippen LogP contribution is 2.23. The minimum Gasteiger partial charge on any atom is -0.378 e. The summed E-state index contributed by atoms with van der Waals surface area (Å²) in [6.45, 7) is 6.63. The Morgan fingerprint density at radius 2 is 2.00 bits per heavy atom. The smallest absolute Gasteiger partial charge is 0.224 e. The monoisotopic (exact) mass is 276 g/mol. The van der Waals surface area contributed by atoms with E-state index >= 15 is 0 Å². The van der Waals surface area contributed by atoms with Crippen molar-refractivity contribution in [3.63, 3.8) is 0 Å². The van der Waals surface area contributed by atoms with E-state index in [-0.39, 0.29) is 24.4 Å². The lowest BCUT2D eigenvalue weighted by atomic mass is 9.96. The molecule has 0 aromatic heterocycles. The molecule has 106 valence electrons. The Kier molecular flexibility index (Phi) is 6.39. The quantitative estimate of drug-likeness (QED) is 0.833. The number of carbonyl (C=O) groups excluding carboxylic acids is 1.